The average molecular weight is 541 g/mol. The zero-order chi connectivity index (χ0) is 28.9. The standard InChI is InChI=1S/C16H21FO.C9H12FN.C8H10FN/c1-10(2)15-11(3)6-12(7-14(15)17)16-4-5-18-9-13(16)8-16;1-6(2)9-7(3)4-11-5-8(9)10;1-3-7-6(2)10-5-4-8(7)9/h6-7,10,13H,4-5,8-9H2,1-3H3;4-6H,1-3H3;4-5H,3H2,1-2H3. The van der Waals surface area contributed by atoms with Crippen molar-refractivity contribution in [2.24, 2.45) is 5.92 Å². The van der Waals surface area contributed by atoms with Crippen LogP contribution in [0.15, 0.2) is 36.8 Å². The summed E-state index contributed by atoms with van der Waals surface area (Å²) in [7, 11) is 0. The molecule has 3 heterocycles. The van der Waals surface area contributed by atoms with E-state index in [0.717, 1.165) is 53.1 Å². The van der Waals surface area contributed by atoms with Crippen molar-refractivity contribution < 1.29 is 17.9 Å². The molecule has 1 aliphatic carbocycles. The summed E-state index contributed by atoms with van der Waals surface area (Å²) in [6.07, 6.45) is 7.39. The van der Waals surface area contributed by atoms with Crippen LogP contribution in [0.5, 0.6) is 0 Å². The van der Waals surface area contributed by atoms with E-state index in [4.69, 9.17) is 4.74 Å². The number of aromatic nitrogens is 2. The predicted molar refractivity (Wildman–Crippen MR) is 152 cm³/mol. The molecule has 39 heavy (non-hydrogen) atoms. The Balaban J connectivity index is 0.000000173. The first kappa shape index (κ1) is 30.8. The van der Waals surface area contributed by atoms with E-state index in [0.29, 0.717) is 12.3 Å². The summed E-state index contributed by atoms with van der Waals surface area (Å²) in [5.74, 6) is 0.746. The smallest absolute Gasteiger partial charge is 0.145 e. The molecular weight excluding hydrogens is 497 g/mol. The van der Waals surface area contributed by atoms with Crippen LogP contribution in [0.25, 0.3) is 0 Å². The van der Waals surface area contributed by atoms with Crippen LogP contribution in [0.1, 0.15) is 98.4 Å². The Hall–Kier alpha value is -2.73. The zero-order valence-electron chi connectivity index (χ0n) is 24.7. The summed E-state index contributed by atoms with van der Waals surface area (Å²) >= 11 is 0. The van der Waals surface area contributed by atoms with Gasteiger partial charge in [0.15, 0.2) is 0 Å². The molecule has 1 aromatic carbocycles. The molecule has 1 saturated carbocycles. The van der Waals surface area contributed by atoms with Crippen LogP contribution in [0, 0.1) is 44.1 Å². The van der Waals surface area contributed by atoms with Gasteiger partial charge in [-0.15, -0.1) is 0 Å². The van der Waals surface area contributed by atoms with Crippen molar-refractivity contribution in [3.63, 3.8) is 0 Å². The quantitative estimate of drug-likeness (QED) is 0.332. The Morgan fingerprint density at radius 1 is 0.923 bits per heavy atom. The van der Waals surface area contributed by atoms with E-state index in [1.807, 2.05) is 41.5 Å². The zero-order valence-corrected chi connectivity index (χ0v) is 24.7. The SMILES string of the molecule is CCc1c(F)ccnc1C.Cc1cc(C23CCOCC2C3)cc(F)c1C(C)C.Cc1cncc(F)c1C(C)C. The molecule has 1 aliphatic heterocycles. The summed E-state index contributed by atoms with van der Waals surface area (Å²) in [5.41, 5.74) is 6.64. The molecule has 0 bridgehead atoms. The summed E-state index contributed by atoms with van der Waals surface area (Å²) in [4.78, 5) is 7.72. The normalized spacial score (nSPS) is 19.6. The third-order valence-corrected chi connectivity index (χ3v) is 8.02. The highest BCUT2D eigenvalue weighted by molar-refractivity contribution is 5.42. The number of ether oxygens (including phenoxy) is 1. The molecule has 212 valence electrons. The Bertz CT molecular complexity index is 1210. The fraction of sp³-hybridized carbons (Fsp3) is 0.515. The molecule has 2 unspecified atom stereocenters. The van der Waals surface area contributed by atoms with Gasteiger partial charge in [-0.1, -0.05) is 40.7 Å². The van der Waals surface area contributed by atoms with Gasteiger partial charge in [-0.2, -0.15) is 0 Å². The van der Waals surface area contributed by atoms with E-state index in [1.165, 1.54) is 30.4 Å². The number of rotatable bonds is 4. The number of halogens is 3. The molecule has 2 aromatic heterocycles. The van der Waals surface area contributed by atoms with E-state index in [-0.39, 0.29) is 34.7 Å². The number of benzene rings is 1. The minimum Gasteiger partial charge on any atom is -0.381 e. The number of pyridine rings is 2. The van der Waals surface area contributed by atoms with Crippen LogP contribution < -0.4 is 0 Å². The lowest BCUT2D eigenvalue weighted by atomic mass is 9.85. The van der Waals surface area contributed by atoms with Crippen molar-refractivity contribution in [1.29, 1.82) is 0 Å². The molecule has 2 atom stereocenters. The summed E-state index contributed by atoms with van der Waals surface area (Å²) in [6, 6.07) is 5.39. The molecule has 0 radical (unpaired) electrons. The van der Waals surface area contributed by atoms with Gasteiger partial charge in [0.25, 0.3) is 0 Å². The highest BCUT2D eigenvalue weighted by Crippen LogP contribution is 2.59. The summed E-state index contributed by atoms with van der Waals surface area (Å²) in [5, 5.41) is 0. The number of nitrogens with zero attached hydrogens (tertiary/aromatic N) is 2. The summed E-state index contributed by atoms with van der Waals surface area (Å²) in [6.45, 7) is 17.4. The first-order valence-electron chi connectivity index (χ1n) is 14.0. The van der Waals surface area contributed by atoms with Crippen molar-refractivity contribution in [1.82, 2.24) is 9.97 Å². The topological polar surface area (TPSA) is 35.0 Å². The van der Waals surface area contributed by atoms with Crippen molar-refractivity contribution >= 4 is 0 Å². The number of hydrogen-bond donors (Lipinski definition) is 0. The Morgan fingerprint density at radius 2 is 1.59 bits per heavy atom. The van der Waals surface area contributed by atoms with Gasteiger partial charge in [-0.3, -0.25) is 9.97 Å². The lowest BCUT2D eigenvalue weighted by Gasteiger charge is -2.24. The second-order valence-corrected chi connectivity index (χ2v) is 11.4. The lowest BCUT2D eigenvalue weighted by molar-refractivity contribution is 0.0802. The molecule has 0 spiro atoms. The molecule has 2 aliphatic rings. The molecule has 1 saturated heterocycles. The maximum Gasteiger partial charge on any atom is 0.145 e. The van der Waals surface area contributed by atoms with E-state index in [2.05, 4.69) is 29.9 Å². The monoisotopic (exact) mass is 540 g/mol. The van der Waals surface area contributed by atoms with Gasteiger partial charge in [0.05, 0.1) is 12.8 Å². The minimum absolute atomic E-state index is 0.0217. The van der Waals surface area contributed by atoms with Gasteiger partial charge in [0.2, 0.25) is 0 Å². The fourth-order valence-electron chi connectivity index (χ4n) is 5.92. The third-order valence-electron chi connectivity index (χ3n) is 8.02. The highest BCUT2D eigenvalue weighted by Gasteiger charge is 2.56. The molecule has 5 rings (SSSR count). The molecule has 6 heteroatoms. The van der Waals surface area contributed by atoms with E-state index in [9.17, 15) is 13.2 Å². The highest BCUT2D eigenvalue weighted by atomic mass is 19.1. The lowest BCUT2D eigenvalue weighted by Crippen LogP contribution is -2.22. The number of fused-ring (bicyclic) bond motifs is 1. The molecule has 3 aromatic rings. The fourth-order valence-corrected chi connectivity index (χ4v) is 5.92. The van der Waals surface area contributed by atoms with Crippen LogP contribution in [-0.2, 0) is 16.6 Å². The third kappa shape index (κ3) is 7.08. The minimum atomic E-state index is -0.194. The van der Waals surface area contributed by atoms with Gasteiger partial charge < -0.3 is 4.74 Å². The molecule has 0 N–H and O–H groups in total. The van der Waals surface area contributed by atoms with E-state index < -0.39 is 0 Å². The maximum atomic E-state index is 14.3. The van der Waals surface area contributed by atoms with Crippen LogP contribution in [-0.4, -0.2) is 23.2 Å². The first-order chi connectivity index (χ1) is 18.4. The van der Waals surface area contributed by atoms with Crippen LogP contribution in [0.2, 0.25) is 0 Å². The van der Waals surface area contributed by atoms with Gasteiger partial charge in [0, 0.05) is 35.7 Å². The van der Waals surface area contributed by atoms with Gasteiger partial charge in [-0.05, 0) is 97.7 Å². The Labute approximate surface area is 232 Å². The van der Waals surface area contributed by atoms with Crippen LogP contribution in [0.3, 0.4) is 0 Å². The number of aryl methyl sites for hydroxylation is 3. The van der Waals surface area contributed by atoms with Crippen molar-refractivity contribution in [2.75, 3.05) is 13.2 Å². The van der Waals surface area contributed by atoms with Crippen LogP contribution >= 0.6 is 0 Å². The number of hydrogen-bond acceptors (Lipinski definition) is 3. The average Bonchev–Trinajstić information content (AvgIpc) is 3.60. The van der Waals surface area contributed by atoms with E-state index >= 15 is 0 Å². The van der Waals surface area contributed by atoms with Crippen molar-refractivity contribution in [2.45, 2.75) is 91.9 Å². The molecule has 3 nitrogen and oxygen atoms in total. The largest absolute Gasteiger partial charge is 0.381 e. The molecule has 2 fully saturated rings. The van der Waals surface area contributed by atoms with Crippen molar-refractivity contribution in [3.05, 3.63) is 93.3 Å². The van der Waals surface area contributed by atoms with Crippen molar-refractivity contribution in [3.8, 4) is 0 Å². The maximum absolute atomic E-state index is 14.3. The van der Waals surface area contributed by atoms with E-state index in [1.54, 1.807) is 12.3 Å². The molecule has 0 amide bonds. The second kappa shape index (κ2) is 13.1. The second-order valence-electron chi connectivity index (χ2n) is 11.4. The van der Waals surface area contributed by atoms with Gasteiger partial charge in [-0.25, -0.2) is 13.2 Å². The first-order valence-corrected chi connectivity index (χ1v) is 14.0. The van der Waals surface area contributed by atoms with Gasteiger partial charge in [0.1, 0.15) is 17.5 Å². The Morgan fingerprint density at radius 3 is 2.08 bits per heavy atom. The summed E-state index contributed by atoms with van der Waals surface area (Å²) < 4.78 is 45.6. The van der Waals surface area contributed by atoms with Gasteiger partial charge >= 0.3 is 0 Å². The van der Waals surface area contributed by atoms with Crippen LogP contribution in [0.4, 0.5) is 13.2 Å². The Kier molecular flexibility index (Phi) is 10.3. The predicted octanol–water partition coefficient (Wildman–Crippen LogP) is 8.68. The molecular formula is C33H43F3N2O.